The van der Waals surface area contributed by atoms with Crippen LogP contribution in [0.25, 0.3) is 22.2 Å². The molecule has 5 rings (SSSR count). The molecule has 0 spiro atoms. The molecule has 3 aromatic rings. The van der Waals surface area contributed by atoms with Crippen LogP contribution < -0.4 is 5.32 Å². The lowest BCUT2D eigenvalue weighted by Gasteiger charge is -2.49. The molecule has 2 N–H and O–H groups in total. The smallest absolute Gasteiger partial charge is 0.336 e. The summed E-state index contributed by atoms with van der Waals surface area (Å²) >= 11 is 0. The van der Waals surface area contributed by atoms with Gasteiger partial charge in [0.15, 0.2) is 0 Å². The standard InChI is InChI=1S/C27H30FN3O2/c28-20-10-8-19(9-11-20)26-23(25(27(32)33)22-6-2-3-7-24(22)30-26)18-31(16-4-1-5-17-31)21-12-14-29-15-13-21/h2-3,6-11,21,29H,1,4-5,12-18H2/p+1. The topological polar surface area (TPSA) is 62.2 Å². The molecule has 172 valence electrons. The van der Waals surface area contributed by atoms with Gasteiger partial charge in [-0.25, -0.2) is 14.2 Å². The first-order chi connectivity index (χ1) is 16.1. The summed E-state index contributed by atoms with van der Waals surface area (Å²) in [6, 6.07) is 14.3. The zero-order valence-electron chi connectivity index (χ0n) is 18.9. The molecule has 33 heavy (non-hydrogen) atoms. The van der Waals surface area contributed by atoms with Crippen molar-refractivity contribution in [3.05, 3.63) is 65.5 Å². The van der Waals surface area contributed by atoms with E-state index in [1.165, 1.54) is 31.4 Å². The number of fused-ring (bicyclic) bond motifs is 1. The van der Waals surface area contributed by atoms with Crippen LogP contribution in [0.1, 0.15) is 48.0 Å². The minimum absolute atomic E-state index is 0.311. The molecule has 0 atom stereocenters. The third-order valence-corrected chi connectivity index (χ3v) is 7.59. The number of hydrogen-bond donors (Lipinski definition) is 2. The summed E-state index contributed by atoms with van der Waals surface area (Å²) < 4.78 is 14.6. The van der Waals surface area contributed by atoms with E-state index in [0.29, 0.717) is 34.7 Å². The van der Waals surface area contributed by atoms with Crippen LogP contribution in [0.15, 0.2) is 48.5 Å². The number of carbonyl (C=O) groups is 1. The SMILES string of the molecule is O=C(O)c1c(C[N+]2(C3CCNCC3)CCCCC2)c(-c2ccc(F)cc2)nc2ccccc12. The average molecular weight is 449 g/mol. The number of halogens is 1. The molecule has 0 bridgehead atoms. The highest BCUT2D eigenvalue weighted by Crippen LogP contribution is 2.37. The van der Waals surface area contributed by atoms with Crippen LogP contribution in [-0.2, 0) is 6.54 Å². The van der Waals surface area contributed by atoms with Crippen LogP contribution >= 0.6 is 0 Å². The van der Waals surface area contributed by atoms with Crippen molar-refractivity contribution in [2.75, 3.05) is 26.2 Å². The number of aromatic carboxylic acids is 1. The highest BCUT2D eigenvalue weighted by molar-refractivity contribution is 6.05. The van der Waals surface area contributed by atoms with Crippen LogP contribution in [0.5, 0.6) is 0 Å². The maximum Gasteiger partial charge on any atom is 0.336 e. The zero-order valence-corrected chi connectivity index (χ0v) is 18.9. The number of pyridine rings is 1. The summed E-state index contributed by atoms with van der Waals surface area (Å²) in [5.74, 6) is -1.23. The number of nitrogens with zero attached hydrogens (tertiary/aromatic N) is 2. The molecule has 3 heterocycles. The number of likely N-dealkylation sites (tertiary alicyclic amines) is 1. The largest absolute Gasteiger partial charge is 0.478 e. The van der Waals surface area contributed by atoms with Gasteiger partial charge in [-0.2, -0.15) is 0 Å². The minimum Gasteiger partial charge on any atom is -0.478 e. The maximum atomic E-state index is 13.7. The Labute approximate surface area is 193 Å². The Kier molecular flexibility index (Phi) is 6.13. The van der Waals surface area contributed by atoms with Crippen molar-refractivity contribution in [3.63, 3.8) is 0 Å². The summed E-state index contributed by atoms with van der Waals surface area (Å²) in [6.45, 7) is 4.81. The van der Waals surface area contributed by atoms with Crippen molar-refractivity contribution in [1.82, 2.24) is 10.3 Å². The van der Waals surface area contributed by atoms with Gasteiger partial charge in [0.05, 0.1) is 35.9 Å². The van der Waals surface area contributed by atoms with Crippen molar-refractivity contribution in [2.24, 2.45) is 0 Å². The van der Waals surface area contributed by atoms with Crippen LogP contribution in [0, 0.1) is 5.82 Å². The summed E-state index contributed by atoms with van der Waals surface area (Å²) in [7, 11) is 0. The lowest BCUT2D eigenvalue weighted by Crippen LogP contribution is -2.60. The first-order valence-electron chi connectivity index (χ1n) is 12.0. The van der Waals surface area contributed by atoms with Gasteiger partial charge in [0.25, 0.3) is 0 Å². The highest BCUT2D eigenvalue weighted by atomic mass is 19.1. The lowest BCUT2D eigenvalue weighted by molar-refractivity contribution is -0.968. The predicted molar refractivity (Wildman–Crippen MR) is 128 cm³/mol. The Balaban J connectivity index is 1.72. The third kappa shape index (κ3) is 4.25. The van der Waals surface area contributed by atoms with E-state index in [1.807, 2.05) is 24.3 Å². The van der Waals surface area contributed by atoms with Crippen molar-refractivity contribution in [3.8, 4) is 11.3 Å². The number of para-hydroxylation sites is 1. The molecule has 6 heteroatoms. The van der Waals surface area contributed by atoms with E-state index in [1.54, 1.807) is 12.1 Å². The Morgan fingerprint density at radius 2 is 1.73 bits per heavy atom. The number of carboxylic acids is 1. The van der Waals surface area contributed by atoms with Gasteiger partial charge in [-0.15, -0.1) is 0 Å². The van der Waals surface area contributed by atoms with E-state index in [-0.39, 0.29) is 5.82 Å². The molecule has 2 aliphatic rings. The van der Waals surface area contributed by atoms with Gasteiger partial charge in [0, 0.05) is 42.4 Å². The second-order valence-electron chi connectivity index (χ2n) is 9.51. The Morgan fingerprint density at radius 3 is 2.42 bits per heavy atom. The van der Waals surface area contributed by atoms with Crippen LogP contribution in [0.2, 0.25) is 0 Å². The maximum absolute atomic E-state index is 13.7. The summed E-state index contributed by atoms with van der Waals surface area (Å²) in [4.78, 5) is 17.6. The molecule has 2 saturated heterocycles. The number of rotatable bonds is 5. The monoisotopic (exact) mass is 448 g/mol. The van der Waals surface area contributed by atoms with Crippen molar-refractivity contribution in [1.29, 1.82) is 0 Å². The van der Waals surface area contributed by atoms with E-state index in [0.717, 1.165) is 54.6 Å². The molecule has 1 aromatic heterocycles. The molecule has 0 unspecified atom stereocenters. The van der Waals surface area contributed by atoms with E-state index in [9.17, 15) is 14.3 Å². The van der Waals surface area contributed by atoms with Crippen LogP contribution in [-0.4, -0.2) is 52.8 Å². The first-order valence-corrected chi connectivity index (χ1v) is 12.0. The highest BCUT2D eigenvalue weighted by Gasteiger charge is 2.41. The summed E-state index contributed by atoms with van der Waals surface area (Å²) in [5.41, 5.74) is 3.22. The molecule has 0 radical (unpaired) electrons. The van der Waals surface area contributed by atoms with E-state index < -0.39 is 5.97 Å². The van der Waals surface area contributed by atoms with Crippen molar-refractivity contribution < 1.29 is 18.8 Å². The molecule has 2 aliphatic heterocycles. The summed E-state index contributed by atoms with van der Waals surface area (Å²) in [6.07, 6.45) is 5.78. The molecule has 0 aliphatic carbocycles. The van der Waals surface area contributed by atoms with Gasteiger partial charge in [-0.05, 0) is 49.6 Å². The number of hydrogen-bond acceptors (Lipinski definition) is 3. The number of quaternary nitrogens is 1. The Morgan fingerprint density at radius 1 is 1.03 bits per heavy atom. The molecule has 2 fully saturated rings. The molecule has 0 amide bonds. The van der Waals surface area contributed by atoms with Gasteiger partial charge in [0.1, 0.15) is 12.4 Å². The third-order valence-electron chi connectivity index (χ3n) is 7.59. The van der Waals surface area contributed by atoms with Crippen LogP contribution in [0.3, 0.4) is 0 Å². The summed E-state index contributed by atoms with van der Waals surface area (Å²) in [5, 5.41) is 14.5. The predicted octanol–water partition coefficient (Wildman–Crippen LogP) is 4.99. The number of carboxylic acid groups (broad SMARTS) is 1. The Bertz CT molecular complexity index is 1150. The van der Waals surface area contributed by atoms with Gasteiger partial charge in [-0.1, -0.05) is 18.2 Å². The first kappa shape index (κ1) is 22.0. The second-order valence-corrected chi connectivity index (χ2v) is 9.51. The van der Waals surface area contributed by atoms with Crippen LogP contribution in [0.4, 0.5) is 4.39 Å². The normalized spacial score (nSPS) is 18.9. The molecule has 5 nitrogen and oxygen atoms in total. The van der Waals surface area contributed by atoms with E-state index >= 15 is 0 Å². The van der Waals surface area contributed by atoms with Gasteiger partial charge < -0.3 is 14.9 Å². The van der Waals surface area contributed by atoms with Gasteiger partial charge in [-0.3, -0.25) is 0 Å². The second kappa shape index (κ2) is 9.20. The average Bonchev–Trinajstić information content (AvgIpc) is 2.85. The fraction of sp³-hybridized carbons (Fsp3) is 0.407. The fourth-order valence-electron chi connectivity index (χ4n) is 5.96. The van der Waals surface area contributed by atoms with E-state index in [4.69, 9.17) is 4.98 Å². The number of piperidine rings is 2. The zero-order chi connectivity index (χ0) is 22.8. The molecule has 0 saturated carbocycles. The van der Waals surface area contributed by atoms with Crippen molar-refractivity contribution >= 4 is 16.9 Å². The van der Waals surface area contributed by atoms with Crippen molar-refractivity contribution in [2.45, 2.75) is 44.7 Å². The minimum atomic E-state index is -0.924. The quantitative estimate of drug-likeness (QED) is 0.540. The Hall–Kier alpha value is -2.83. The molecular weight excluding hydrogens is 417 g/mol. The molecule has 2 aromatic carbocycles. The van der Waals surface area contributed by atoms with Gasteiger partial charge in [0.2, 0.25) is 0 Å². The lowest BCUT2D eigenvalue weighted by atomic mass is 9.91. The molecular formula is C27H31FN3O2+. The number of nitrogens with one attached hydrogen (secondary N) is 1. The fourth-order valence-corrected chi connectivity index (χ4v) is 5.96. The number of benzene rings is 2. The van der Waals surface area contributed by atoms with Gasteiger partial charge >= 0.3 is 5.97 Å². The number of aromatic nitrogens is 1. The van der Waals surface area contributed by atoms with E-state index in [2.05, 4.69) is 5.32 Å².